The van der Waals surface area contributed by atoms with Gasteiger partial charge in [0.05, 0.1) is 10.8 Å². The highest BCUT2D eigenvalue weighted by molar-refractivity contribution is 9.10. The predicted molar refractivity (Wildman–Crippen MR) is 325 cm³/mol. The molecule has 0 radical (unpaired) electrons. The summed E-state index contributed by atoms with van der Waals surface area (Å²) in [6.07, 6.45) is 0. The number of halogens is 1. The number of fused-ring (bicyclic) bond motifs is 20. The van der Waals surface area contributed by atoms with Gasteiger partial charge in [-0.25, -0.2) is 0 Å². The highest BCUT2D eigenvalue weighted by Crippen LogP contribution is 2.64. The molecule has 0 heterocycles. The molecule has 3 N–H and O–H groups in total. The maximum absolute atomic E-state index is 5.60. The van der Waals surface area contributed by atoms with Gasteiger partial charge in [-0.15, -0.1) is 0 Å². The number of nitrogens with one attached hydrogen (secondary N) is 1. The molecule has 77 heavy (non-hydrogen) atoms. The fourth-order valence-electron chi connectivity index (χ4n) is 13.1. The molecule has 12 aromatic rings. The van der Waals surface area contributed by atoms with Gasteiger partial charge in [0.25, 0.3) is 0 Å². The molecule has 0 amide bonds. The van der Waals surface area contributed by atoms with Crippen LogP contribution in [0, 0.1) is 0 Å². The third-order valence-corrected chi connectivity index (χ3v) is 16.7. The molecule has 2 spiro atoms. The summed E-state index contributed by atoms with van der Waals surface area (Å²) in [5.74, 6) is 0. The third-order valence-electron chi connectivity index (χ3n) is 16.3. The summed E-state index contributed by atoms with van der Waals surface area (Å²) in [6.45, 7) is 0. The Kier molecular flexibility index (Phi) is 11.3. The zero-order valence-corrected chi connectivity index (χ0v) is 43.8. The number of nitrogen functional groups attached to an aromatic ring is 1. The van der Waals surface area contributed by atoms with Gasteiger partial charge in [-0.2, -0.15) is 0 Å². The van der Waals surface area contributed by atoms with Gasteiger partial charge in [0, 0.05) is 21.5 Å². The van der Waals surface area contributed by atoms with Crippen LogP contribution in [-0.2, 0) is 10.8 Å². The molecule has 3 heteroatoms. The topological polar surface area (TPSA) is 38.0 Å². The molecule has 0 saturated heterocycles. The molecule has 2 nitrogen and oxygen atoms in total. The van der Waals surface area contributed by atoms with Crippen molar-refractivity contribution in [3.8, 4) is 66.8 Å². The fraction of sp³-hybridized carbons (Fsp3) is 0.0270. The van der Waals surface area contributed by atoms with E-state index < -0.39 is 0 Å². The fourth-order valence-corrected chi connectivity index (χ4v) is 13.5. The van der Waals surface area contributed by atoms with Crippen molar-refractivity contribution in [1.82, 2.24) is 0 Å². The number of hydrogen-bond acceptors (Lipinski definition) is 2. The number of hydrogen-bond donors (Lipinski definition) is 2. The monoisotopic (exact) mass is 1050 g/mol. The molecule has 0 bridgehead atoms. The van der Waals surface area contributed by atoms with E-state index in [-0.39, 0.29) is 10.8 Å². The van der Waals surface area contributed by atoms with E-state index in [1.807, 2.05) is 42.5 Å². The van der Waals surface area contributed by atoms with E-state index in [1.165, 1.54) is 111 Å². The lowest BCUT2D eigenvalue weighted by Gasteiger charge is -2.30. The largest absolute Gasteiger partial charge is 0.399 e. The van der Waals surface area contributed by atoms with Gasteiger partial charge in [0.15, 0.2) is 0 Å². The summed E-state index contributed by atoms with van der Waals surface area (Å²) >= 11 is 3.72. The molecule has 0 unspecified atom stereocenters. The lowest BCUT2D eigenvalue weighted by atomic mass is 9.70. The Hall–Kier alpha value is -9.28. The second-order valence-electron chi connectivity index (χ2n) is 20.3. The van der Waals surface area contributed by atoms with Crippen molar-refractivity contribution < 1.29 is 0 Å². The quantitative estimate of drug-likeness (QED) is 0.172. The minimum Gasteiger partial charge on any atom is -0.399 e. The van der Waals surface area contributed by atoms with Crippen molar-refractivity contribution in [3.63, 3.8) is 0 Å². The Morgan fingerprint density at radius 1 is 0.247 bits per heavy atom. The minimum absolute atomic E-state index is 0.219. The highest BCUT2D eigenvalue weighted by atomic mass is 79.9. The zero-order valence-electron chi connectivity index (χ0n) is 42.2. The van der Waals surface area contributed by atoms with Crippen LogP contribution in [0.25, 0.3) is 66.8 Å². The van der Waals surface area contributed by atoms with Crippen LogP contribution < -0.4 is 11.1 Å². The van der Waals surface area contributed by atoms with Crippen molar-refractivity contribution in [1.29, 1.82) is 0 Å². The molecule has 0 atom stereocenters. The maximum Gasteiger partial charge on any atom is 0.0726 e. The molecular weight excluding hydrogens is 997 g/mol. The van der Waals surface area contributed by atoms with Crippen LogP contribution in [0.1, 0.15) is 44.5 Å². The number of anilines is 3. The normalized spacial score (nSPS) is 13.3. The van der Waals surface area contributed by atoms with Crippen molar-refractivity contribution in [3.05, 3.63) is 340 Å². The van der Waals surface area contributed by atoms with E-state index in [0.29, 0.717) is 0 Å². The molecule has 0 aromatic heterocycles. The minimum atomic E-state index is -0.312. The van der Waals surface area contributed by atoms with Gasteiger partial charge in [-0.05, 0) is 160 Å². The first-order valence-electron chi connectivity index (χ1n) is 26.4. The number of benzene rings is 12. The molecular formula is C74H51BrN2. The first kappa shape index (κ1) is 46.3. The average Bonchev–Trinajstić information content (AvgIpc) is 4.17. The molecule has 16 rings (SSSR count). The Morgan fingerprint density at radius 3 is 0.922 bits per heavy atom. The van der Waals surface area contributed by atoms with Crippen molar-refractivity contribution in [2.45, 2.75) is 10.8 Å². The van der Waals surface area contributed by atoms with Crippen LogP contribution in [0.2, 0.25) is 0 Å². The molecule has 0 saturated carbocycles. The van der Waals surface area contributed by atoms with Crippen molar-refractivity contribution in [2.75, 3.05) is 11.1 Å². The zero-order chi connectivity index (χ0) is 51.5. The molecule has 0 aliphatic heterocycles. The maximum atomic E-state index is 5.60. The van der Waals surface area contributed by atoms with Crippen LogP contribution in [0.15, 0.2) is 296 Å². The average molecular weight is 1050 g/mol. The van der Waals surface area contributed by atoms with E-state index in [4.69, 9.17) is 5.73 Å². The van der Waals surface area contributed by atoms with Crippen LogP contribution in [-0.4, -0.2) is 0 Å². The van der Waals surface area contributed by atoms with Crippen molar-refractivity contribution in [2.24, 2.45) is 0 Å². The second-order valence-corrected chi connectivity index (χ2v) is 21.2. The highest BCUT2D eigenvalue weighted by Gasteiger charge is 2.53. The van der Waals surface area contributed by atoms with E-state index in [9.17, 15) is 0 Å². The standard InChI is InChI=1S/C37H25N.C25H15Br.C12H11N/c1-2-10-25(11-3-1)26-18-20-27(21-19-26)38-28-22-23-32-31-14-6-9-17-35(31)37(36(32)24-28)33-15-7-4-12-29(33)30-13-5-8-16-34(30)37;26-16-13-14-20-19-9-3-6-12-23(19)25(24(20)15-16)21-10-4-1-7-17(21)18-8-2-5-11-22(18)25;13-12-8-6-11(7-9-12)10-4-2-1-3-5-10/h1-24,38H;1-15H;1-9H,13H2. The number of nitrogens with two attached hydrogens (primary N) is 1. The summed E-state index contributed by atoms with van der Waals surface area (Å²) in [5.41, 5.74) is 34.7. The third kappa shape index (κ3) is 7.37. The summed E-state index contributed by atoms with van der Waals surface area (Å²) in [4.78, 5) is 0. The summed E-state index contributed by atoms with van der Waals surface area (Å²) in [7, 11) is 0. The summed E-state index contributed by atoms with van der Waals surface area (Å²) in [5, 5.41) is 3.69. The van der Waals surface area contributed by atoms with Crippen LogP contribution in [0.4, 0.5) is 17.1 Å². The van der Waals surface area contributed by atoms with Crippen molar-refractivity contribution >= 4 is 33.0 Å². The lowest BCUT2D eigenvalue weighted by Crippen LogP contribution is -2.25. The molecule has 12 aromatic carbocycles. The smallest absolute Gasteiger partial charge is 0.0726 e. The second kappa shape index (κ2) is 18.8. The summed E-state index contributed by atoms with van der Waals surface area (Å²) < 4.78 is 1.13. The van der Waals surface area contributed by atoms with Gasteiger partial charge < -0.3 is 11.1 Å². The van der Waals surface area contributed by atoms with Gasteiger partial charge in [0.2, 0.25) is 0 Å². The Morgan fingerprint density at radius 2 is 0.532 bits per heavy atom. The molecule has 0 fully saturated rings. The molecule has 4 aliphatic rings. The van der Waals surface area contributed by atoms with Gasteiger partial charge >= 0.3 is 0 Å². The van der Waals surface area contributed by atoms with E-state index in [2.05, 4.69) is 270 Å². The van der Waals surface area contributed by atoms with E-state index in [0.717, 1.165) is 21.5 Å². The van der Waals surface area contributed by atoms with Gasteiger partial charge in [-0.1, -0.05) is 259 Å². The van der Waals surface area contributed by atoms with E-state index in [1.54, 1.807) is 0 Å². The molecule has 364 valence electrons. The first-order valence-corrected chi connectivity index (χ1v) is 27.2. The Labute approximate surface area is 459 Å². The van der Waals surface area contributed by atoms with E-state index >= 15 is 0 Å². The van der Waals surface area contributed by atoms with Crippen LogP contribution in [0.3, 0.4) is 0 Å². The van der Waals surface area contributed by atoms with Gasteiger partial charge in [-0.3, -0.25) is 0 Å². The SMILES string of the molecule is Brc1ccc2c(c1)C1(c3ccccc3-c3ccccc31)c1ccccc1-2.Nc1ccc(-c2ccccc2)cc1.c1ccc(-c2ccc(Nc3ccc4c(c3)C3(c5ccccc5-c5ccccc53)c3ccccc3-4)cc2)cc1. The Bertz CT molecular complexity index is 4070. The summed E-state index contributed by atoms with van der Waals surface area (Å²) in [6, 6.07) is 105. The lowest BCUT2D eigenvalue weighted by molar-refractivity contribution is 0.793. The first-order chi connectivity index (χ1) is 38.0. The molecule has 4 aliphatic carbocycles. The van der Waals surface area contributed by atoms with Crippen LogP contribution >= 0.6 is 15.9 Å². The number of rotatable bonds is 4. The predicted octanol–water partition coefficient (Wildman–Crippen LogP) is 19.2. The van der Waals surface area contributed by atoms with Crippen LogP contribution in [0.5, 0.6) is 0 Å². The Balaban J connectivity index is 0.000000119. The van der Waals surface area contributed by atoms with Gasteiger partial charge in [0.1, 0.15) is 0 Å².